The summed E-state index contributed by atoms with van der Waals surface area (Å²) < 4.78 is 10.4. The van der Waals surface area contributed by atoms with Crippen LogP contribution < -0.4 is 14.8 Å². The maximum Gasteiger partial charge on any atom is 0.255 e. The minimum atomic E-state index is -0.486. The van der Waals surface area contributed by atoms with Crippen LogP contribution in [0.5, 0.6) is 11.5 Å². The maximum absolute atomic E-state index is 12.3. The molecule has 0 fully saturated rings. The number of benzene rings is 1. The van der Waals surface area contributed by atoms with Crippen molar-refractivity contribution in [2.45, 2.75) is 25.8 Å². The van der Waals surface area contributed by atoms with Crippen LogP contribution in [0.3, 0.4) is 0 Å². The van der Waals surface area contributed by atoms with Gasteiger partial charge in [0.2, 0.25) is 0 Å². The number of carbonyl (C=O) groups excluding carboxylic acids is 1. The first-order chi connectivity index (χ1) is 8.95. The predicted molar refractivity (Wildman–Crippen MR) is 72.8 cm³/mol. The summed E-state index contributed by atoms with van der Waals surface area (Å²) in [6.45, 7) is 3.73. The molecule has 0 radical (unpaired) electrons. The Labute approximate surface area is 113 Å². The number of amides is 1. The van der Waals surface area contributed by atoms with Crippen LogP contribution in [0.4, 0.5) is 0 Å². The van der Waals surface area contributed by atoms with Crippen molar-refractivity contribution < 1.29 is 19.4 Å². The normalized spacial score (nSPS) is 11.0. The molecule has 5 heteroatoms. The van der Waals surface area contributed by atoms with E-state index in [9.17, 15) is 4.79 Å². The Morgan fingerprint density at radius 3 is 2.53 bits per heavy atom. The molecule has 2 N–H and O–H groups in total. The fourth-order valence-electron chi connectivity index (χ4n) is 1.78. The predicted octanol–water partition coefficient (Wildman–Crippen LogP) is 1.59. The van der Waals surface area contributed by atoms with Gasteiger partial charge < -0.3 is 19.9 Å². The third kappa shape index (κ3) is 3.86. The Kier molecular flexibility index (Phi) is 5.18. The number of aliphatic hydroxyl groups is 1. The topological polar surface area (TPSA) is 67.8 Å². The summed E-state index contributed by atoms with van der Waals surface area (Å²) in [6, 6.07) is 5.13. The van der Waals surface area contributed by atoms with Crippen LogP contribution in [0, 0.1) is 0 Å². The highest BCUT2D eigenvalue weighted by atomic mass is 16.5. The summed E-state index contributed by atoms with van der Waals surface area (Å²) in [5.74, 6) is 0.659. The summed E-state index contributed by atoms with van der Waals surface area (Å²) in [7, 11) is 3.02. The zero-order valence-corrected chi connectivity index (χ0v) is 11.8. The van der Waals surface area contributed by atoms with Crippen molar-refractivity contribution in [1.82, 2.24) is 5.32 Å². The molecule has 1 aromatic carbocycles. The van der Waals surface area contributed by atoms with E-state index >= 15 is 0 Å². The Hall–Kier alpha value is -1.75. The molecule has 0 aliphatic carbocycles. The Morgan fingerprint density at radius 2 is 2.00 bits per heavy atom. The number of nitrogens with one attached hydrogen (secondary N) is 1. The van der Waals surface area contributed by atoms with Crippen molar-refractivity contribution in [2.24, 2.45) is 0 Å². The van der Waals surface area contributed by atoms with Gasteiger partial charge in [0, 0.05) is 12.1 Å². The van der Waals surface area contributed by atoms with E-state index in [4.69, 9.17) is 14.6 Å². The number of aliphatic hydroxyl groups excluding tert-OH is 1. The monoisotopic (exact) mass is 267 g/mol. The third-order valence-electron chi connectivity index (χ3n) is 2.84. The molecular formula is C14H21NO4. The molecule has 0 aliphatic rings. The van der Waals surface area contributed by atoms with Crippen LogP contribution in [-0.2, 0) is 0 Å². The van der Waals surface area contributed by atoms with Crippen LogP contribution in [0.25, 0.3) is 0 Å². The Balaban J connectivity index is 3.00. The van der Waals surface area contributed by atoms with Gasteiger partial charge in [-0.05, 0) is 32.4 Å². The highest BCUT2D eigenvalue weighted by Gasteiger charge is 2.23. The van der Waals surface area contributed by atoms with E-state index < -0.39 is 5.54 Å². The van der Waals surface area contributed by atoms with Crippen LogP contribution in [0.2, 0.25) is 0 Å². The second-order valence-corrected chi connectivity index (χ2v) is 4.85. The zero-order chi connectivity index (χ0) is 14.5. The van der Waals surface area contributed by atoms with E-state index in [1.54, 1.807) is 18.2 Å². The molecule has 19 heavy (non-hydrogen) atoms. The number of methoxy groups -OCH3 is 2. The van der Waals surface area contributed by atoms with E-state index in [1.807, 2.05) is 13.8 Å². The number of hydrogen-bond acceptors (Lipinski definition) is 4. The van der Waals surface area contributed by atoms with Crippen LogP contribution >= 0.6 is 0 Å². The van der Waals surface area contributed by atoms with E-state index in [0.717, 1.165) is 0 Å². The first-order valence-electron chi connectivity index (χ1n) is 6.09. The number of carbonyl (C=O) groups is 1. The number of ether oxygens (including phenoxy) is 2. The molecule has 0 heterocycles. The van der Waals surface area contributed by atoms with Gasteiger partial charge in [0.25, 0.3) is 5.91 Å². The molecule has 1 amide bonds. The van der Waals surface area contributed by atoms with Gasteiger partial charge in [-0.3, -0.25) is 4.79 Å². The first kappa shape index (κ1) is 15.3. The summed E-state index contributed by atoms with van der Waals surface area (Å²) in [4.78, 5) is 12.3. The largest absolute Gasteiger partial charge is 0.493 e. The highest BCUT2D eigenvalue weighted by Crippen LogP contribution is 2.30. The maximum atomic E-state index is 12.3. The molecule has 1 rings (SSSR count). The molecular weight excluding hydrogens is 246 g/mol. The minimum absolute atomic E-state index is 0.0164. The van der Waals surface area contributed by atoms with Crippen molar-refractivity contribution >= 4 is 5.91 Å². The van der Waals surface area contributed by atoms with Gasteiger partial charge in [0.15, 0.2) is 11.5 Å². The summed E-state index contributed by atoms with van der Waals surface area (Å²) in [5, 5.41) is 11.8. The molecule has 0 bridgehead atoms. The Morgan fingerprint density at radius 1 is 1.32 bits per heavy atom. The van der Waals surface area contributed by atoms with Gasteiger partial charge in [-0.2, -0.15) is 0 Å². The molecule has 5 nitrogen and oxygen atoms in total. The van der Waals surface area contributed by atoms with Crippen LogP contribution in [0.15, 0.2) is 18.2 Å². The second kappa shape index (κ2) is 6.43. The summed E-state index contributed by atoms with van der Waals surface area (Å²) in [6.07, 6.45) is 0.477. The quantitative estimate of drug-likeness (QED) is 0.821. The van der Waals surface area contributed by atoms with Gasteiger partial charge >= 0.3 is 0 Å². The first-order valence-corrected chi connectivity index (χ1v) is 6.09. The van der Waals surface area contributed by atoms with Crippen molar-refractivity contribution in [3.05, 3.63) is 23.8 Å². The van der Waals surface area contributed by atoms with Crippen molar-refractivity contribution in [3.8, 4) is 11.5 Å². The molecule has 0 aliphatic heterocycles. The van der Waals surface area contributed by atoms with Crippen molar-refractivity contribution in [1.29, 1.82) is 0 Å². The molecule has 0 spiro atoms. The van der Waals surface area contributed by atoms with E-state index in [2.05, 4.69) is 5.32 Å². The fourth-order valence-corrected chi connectivity index (χ4v) is 1.78. The lowest BCUT2D eigenvalue weighted by Gasteiger charge is -2.26. The summed E-state index contributed by atoms with van der Waals surface area (Å²) >= 11 is 0. The smallest absolute Gasteiger partial charge is 0.255 e. The lowest BCUT2D eigenvalue weighted by atomic mass is 10.0. The van der Waals surface area contributed by atoms with Crippen molar-refractivity contribution in [3.63, 3.8) is 0 Å². The zero-order valence-electron chi connectivity index (χ0n) is 11.8. The van der Waals surface area contributed by atoms with Gasteiger partial charge in [-0.15, -0.1) is 0 Å². The van der Waals surface area contributed by atoms with Gasteiger partial charge in [-0.25, -0.2) is 0 Å². The van der Waals surface area contributed by atoms with Gasteiger partial charge in [0.1, 0.15) is 0 Å². The molecule has 0 atom stereocenters. The lowest BCUT2D eigenvalue weighted by molar-refractivity contribution is 0.0896. The second-order valence-electron chi connectivity index (χ2n) is 4.85. The SMILES string of the molecule is COc1cccc(C(=O)NC(C)(C)CCO)c1OC. The standard InChI is InChI=1S/C14H21NO4/c1-14(2,8-9-16)15-13(17)10-6-5-7-11(18-3)12(10)19-4/h5-7,16H,8-9H2,1-4H3,(H,15,17). The number of hydrogen-bond donors (Lipinski definition) is 2. The van der Waals surface area contributed by atoms with Gasteiger partial charge in [-0.1, -0.05) is 6.07 Å². The molecule has 1 aromatic rings. The average molecular weight is 267 g/mol. The lowest BCUT2D eigenvalue weighted by Crippen LogP contribution is -2.44. The average Bonchev–Trinajstić information content (AvgIpc) is 2.36. The number of rotatable bonds is 6. The fraction of sp³-hybridized carbons (Fsp3) is 0.500. The minimum Gasteiger partial charge on any atom is -0.493 e. The van der Waals surface area contributed by atoms with E-state index in [0.29, 0.717) is 23.5 Å². The number of para-hydroxylation sites is 1. The van der Waals surface area contributed by atoms with Crippen LogP contribution in [0.1, 0.15) is 30.6 Å². The van der Waals surface area contributed by atoms with Gasteiger partial charge in [0.05, 0.1) is 19.8 Å². The highest BCUT2D eigenvalue weighted by molar-refractivity contribution is 5.98. The molecule has 106 valence electrons. The van der Waals surface area contributed by atoms with Crippen LogP contribution in [-0.4, -0.2) is 37.4 Å². The van der Waals surface area contributed by atoms with Crippen molar-refractivity contribution in [2.75, 3.05) is 20.8 Å². The Bertz CT molecular complexity index is 443. The van der Waals surface area contributed by atoms with E-state index in [1.165, 1.54) is 14.2 Å². The van der Waals surface area contributed by atoms with E-state index in [-0.39, 0.29) is 12.5 Å². The molecule has 0 aromatic heterocycles. The molecule has 0 unspecified atom stereocenters. The molecule has 0 saturated carbocycles. The molecule has 0 saturated heterocycles. The summed E-state index contributed by atoms with van der Waals surface area (Å²) in [5.41, 5.74) is -0.0761. The third-order valence-corrected chi connectivity index (χ3v) is 2.84.